The third kappa shape index (κ3) is 7.22. The van der Waals surface area contributed by atoms with Gasteiger partial charge in [0, 0.05) is 38.3 Å². The molecule has 2 aromatic heterocycles. The molecule has 9 nitrogen and oxygen atoms in total. The summed E-state index contributed by atoms with van der Waals surface area (Å²) in [6.45, 7) is 1.94. The summed E-state index contributed by atoms with van der Waals surface area (Å²) >= 11 is 6.88. The van der Waals surface area contributed by atoms with Crippen LogP contribution in [-0.2, 0) is 27.5 Å². The molecule has 0 bridgehead atoms. The Balaban J connectivity index is 1.23. The van der Waals surface area contributed by atoms with Crippen LogP contribution in [0.25, 0.3) is 11.3 Å². The molecule has 0 unspecified atom stereocenters. The smallest absolute Gasteiger partial charge is 0.366 e. The number of carbonyl (C=O) groups is 1. The van der Waals surface area contributed by atoms with Gasteiger partial charge in [-0.15, -0.1) is 11.3 Å². The molecular weight excluding hydrogens is 680 g/mol. The number of amides is 1. The van der Waals surface area contributed by atoms with Crippen LogP contribution < -0.4 is 15.1 Å². The predicted molar refractivity (Wildman–Crippen MR) is 171 cm³/mol. The minimum Gasteiger partial charge on any atom is -0.366 e. The van der Waals surface area contributed by atoms with Gasteiger partial charge < -0.3 is 15.1 Å². The molecule has 0 radical (unpaired) electrons. The van der Waals surface area contributed by atoms with E-state index in [0.717, 1.165) is 23.5 Å². The number of rotatable bonds is 8. The van der Waals surface area contributed by atoms with Gasteiger partial charge in [-0.2, -0.15) is 17.5 Å². The molecule has 2 aliphatic heterocycles. The zero-order valence-electron chi connectivity index (χ0n) is 24.8. The molecule has 47 heavy (non-hydrogen) atoms. The number of piperazine rings is 1. The molecule has 1 atom stereocenters. The maximum atomic E-state index is 14.4. The zero-order valence-corrected chi connectivity index (χ0v) is 27.1. The standard InChI is InChI=1S/C31H29ClF4N6O3S2/c32-27-11-12-28(46-27)47(44,45)42-13-3-6-26(42)29(43)37-19-22-18-24(20-7-9-21(10-8-20)31(34,35)36)39-30(38-22)41-16-14-40(15-17-41)25-5-2-1-4-23(25)33/h1-2,4-5,7-12,18,26H,3,6,13-17,19H2,(H,37,43)/t26-/m0/s1. The van der Waals surface area contributed by atoms with E-state index in [9.17, 15) is 30.8 Å². The lowest BCUT2D eigenvalue weighted by Crippen LogP contribution is -2.47. The molecule has 4 heterocycles. The van der Waals surface area contributed by atoms with Crippen LogP contribution in [0.4, 0.5) is 29.2 Å². The lowest BCUT2D eigenvalue weighted by molar-refractivity contribution is -0.137. The first kappa shape index (κ1) is 33.1. The molecule has 1 amide bonds. The van der Waals surface area contributed by atoms with Crippen molar-refractivity contribution >= 4 is 50.5 Å². The number of thiophene rings is 1. The highest BCUT2D eigenvalue weighted by atomic mass is 35.5. The highest BCUT2D eigenvalue weighted by molar-refractivity contribution is 7.91. The highest BCUT2D eigenvalue weighted by Crippen LogP contribution is 2.33. The second kappa shape index (κ2) is 13.4. The van der Waals surface area contributed by atoms with E-state index < -0.39 is 33.7 Å². The van der Waals surface area contributed by atoms with Crippen LogP contribution in [-0.4, -0.2) is 67.4 Å². The van der Waals surface area contributed by atoms with Crippen LogP contribution >= 0.6 is 22.9 Å². The molecule has 4 aromatic rings. The fourth-order valence-corrected chi connectivity index (χ4v) is 8.95. The predicted octanol–water partition coefficient (Wildman–Crippen LogP) is 5.81. The number of hydrogen-bond donors (Lipinski definition) is 1. The summed E-state index contributed by atoms with van der Waals surface area (Å²) in [4.78, 5) is 26.5. The topological polar surface area (TPSA) is 98.7 Å². The summed E-state index contributed by atoms with van der Waals surface area (Å²) in [7, 11) is -3.93. The highest BCUT2D eigenvalue weighted by Gasteiger charge is 2.40. The first-order chi connectivity index (χ1) is 22.4. The Kier molecular flexibility index (Phi) is 9.43. The summed E-state index contributed by atoms with van der Waals surface area (Å²) in [5, 5.41) is 2.80. The Morgan fingerprint density at radius 1 is 0.957 bits per heavy atom. The number of alkyl halides is 3. The fourth-order valence-electron chi connectivity index (χ4n) is 5.69. The van der Waals surface area contributed by atoms with Gasteiger partial charge in [0.15, 0.2) is 0 Å². The van der Waals surface area contributed by atoms with Crippen LogP contribution in [0.5, 0.6) is 0 Å². The molecule has 248 valence electrons. The number of halogens is 5. The van der Waals surface area contributed by atoms with Crippen molar-refractivity contribution in [3.8, 4) is 11.3 Å². The third-order valence-electron chi connectivity index (χ3n) is 8.09. The summed E-state index contributed by atoms with van der Waals surface area (Å²) in [5.74, 6) is -0.518. The number of hydrogen-bond acceptors (Lipinski definition) is 8. The average molecular weight is 709 g/mol. The molecule has 0 spiro atoms. The maximum absolute atomic E-state index is 14.4. The Morgan fingerprint density at radius 2 is 1.66 bits per heavy atom. The fraction of sp³-hybridized carbons (Fsp3) is 0.323. The van der Waals surface area contributed by atoms with Gasteiger partial charge in [0.25, 0.3) is 10.0 Å². The number of anilines is 2. The first-order valence-corrected chi connectivity index (χ1v) is 17.4. The Hall–Kier alpha value is -3.79. The summed E-state index contributed by atoms with van der Waals surface area (Å²) in [6.07, 6.45) is -3.66. The molecule has 2 aromatic carbocycles. The summed E-state index contributed by atoms with van der Waals surface area (Å²) in [5.41, 5.74) is 0.839. The first-order valence-electron chi connectivity index (χ1n) is 14.7. The average Bonchev–Trinajstić information content (AvgIpc) is 3.74. The van der Waals surface area contributed by atoms with Crippen LogP contribution in [0, 0.1) is 5.82 Å². The van der Waals surface area contributed by atoms with Gasteiger partial charge in [-0.1, -0.05) is 35.9 Å². The van der Waals surface area contributed by atoms with E-state index in [1.165, 1.54) is 34.6 Å². The van der Waals surface area contributed by atoms with Gasteiger partial charge in [-0.05, 0) is 55.3 Å². The number of sulfonamides is 1. The van der Waals surface area contributed by atoms with Crippen molar-refractivity contribution in [3.63, 3.8) is 0 Å². The van der Waals surface area contributed by atoms with Gasteiger partial charge in [-0.25, -0.2) is 22.8 Å². The molecule has 0 saturated carbocycles. The number of nitrogens with one attached hydrogen (secondary N) is 1. The van der Waals surface area contributed by atoms with Gasteiger partial charge in [0.1, 0.15) is 16.1 Å². The summed E-state index contributed by atoms with van der Waals surface area (Å²) in [6, 6.07) is 14.7. The van der Waals surface area contributed by atoms with Crippen LogP contribution in [0.3, 0.4) is 0 Å². The zero-order chi connectivity index (χ0) is 33.3. The number of aromatic nitrogens is 2. The van der Waals surface area contributed by atoms with E-state index in [1.807, 2.05) is 9.80 Å². The normalized spacial score (nSPS) is 17.7. The number of carbonyl (C=O) groups excluding carboxylic acids is 1. The Morgan fingerprint density at radius 3 is 2.32 bits per heavy atom. The molecule has 1 N–H and O–H groups in total. The molecule has 2 fully saturated rings. The Labute approximate surface area is 277 Å². The number of para-hydroxylation sites is 1. The van der Waals surface area contributed by atoms with Crippen LogP contribution in [0.15, 0.2) is 70.9 Å². The van der Waals surface area contributed by atoms with Crippen molar-refractivity contribution < 1.29 is 30.8 Å². The molecule has 0 aliphatic carbocycles. The van der Waals surface area contributed by atoms with E-state index in [4.69, 9.17) is 11.6 Å². The van der Waals surface area contributed by atoms with Gasteiger partial charge in [0.05, 0.1) is 33.5 Å². The van der Waals surface area contributed by atoms with E-state index in [0.29, 0.717) is 71.9 Å². The van der Waals surface area contributed by atoms with Crippen LogP contribution in [0.2, 0.25) is 4.34 Å². The largest absolute Gasteiger partial charge is 0.416 e. The minimum absolute atomic E-state index is 0.0546. The molecule has 16 heteroatoms. The number of benzene rings is 2. The van der Waals surface area contributed by atoms with Crippen molar-refractivity contribution in [2.75, 3.05) is 42.5 Å². The quantitative estimate of drug-likeness (QED) is 0.231. The maximum Gasteiger partial charge on any atom is 0.416 e. The SMILES string of the molecule is O=C(NCc1cc(-c2ccc(C(F)(F)F)cc2)nc(N2CCN(c3ccccc3F)CC2)n1)[C@@H]1CCCN1S(=O)(=O)c1ccc(Cl)s1. The van der Waals surface area contributed by atoms with Crippen molar-refractivity contribution in [3.05, 3.63) is 88.1 Å². The van der Waals surface area contributed by atoms with Crippen molar-refractivity contribution in [2.24, 2.45) is 0 Å². The minimum atomic E-state index is -4.50. The van der Waals surface area contributed by atoms with Gasteiger partial charge in [0.2, 0.25) is 11.9 Å². The summed E-state index contributed by atoms with van der Waals surface area (Å²) < 4.78 is 82.2. The van der Waals surface area contributed by atoms with E-state index in [-0.39, 0.29) is 23.1 Å². The van der Waals surface area contributed by atoms with Crippen LogP contribution in [0.1, 0.15) is 24.1 Å². The Bertz CT molecular complexity index is 1870. The van der Waals surface area contributed by atoms with Crippen molar-refractivity contribution in [1.82, 2.24) is 19.6 Å². The third-order valence-corrected chi connectivity index (χ3v) is 11.7. The molecule has 2 saturated heterocycles. The monoisotopic (exact) mass is 708 g/mol. The molecule has 6 rings (SSSR count). The number of nitrogens with zero attached hydrogens (tertiary/aromatic N) is 5. The second-order valence-corrected chi connectivity index (χ2v) is 14.9. The van der Waals surface area contributed by atoms with E-state index in [2.05, 4.69) is 15.3 Å². The molecular formula is C31H29ClF4N6O3S2. The molecule has 2 aliphatic rings. The van der Waals surface area contributed by atoms with E-state index >= 15 is 0 Å². The van der Waals surface area contributed by atoms with E-state index in [1.54, 1.807) is 24.3 Å². The van der Waals surface area contributed by atoms with Gasteiger partial charge in [-0.3, -0.25) is 4.79 Å². The van der Waals surface area contributed by atoms with Crippen molar-refractivity contribution in [1.29, 1.82) is 0 Å². The lowest BCUT2D eigenvalue weighted by Gasteiger charge is -2.36. The van der Waals surface area contributed by atoms with Crippen molar-refractivity contribution in [2.45, 2.75) is 35.8 Å². The lowest BCUT2D eigenvalue weighted by atomic mass is 10.1. The second-order valence-electron chi connectivity index (χ2n) is 11.1. The van der Waals surface area contributed by atoms with Gasteiger partial charge >= 0.3 is 6.18 Å².